The van der Waals surface area contributed by atoms with Crippen molar-refractivity contribution in [1.82, 2.24) is 0 Å². The van der Waals surface area contributed by atoms with Crippen LogP contribution in [0, 0.1) is 5.82 Å². The zero-order valence-corrected chi connectivity index (χ0v) is 12.0. The fourth-order valence-corrected chi connectivity index (χ4v) is 2.14. The predicted molar refractivity (Wildman–Crippen MR) is 79.1 cm³/mol. The lowest BCUT2D eigenvalue weighted by Gasteiger charge is -2.10. The Labute approximate surface area is 120 Å². The molecule has 0 aliphatic carbocycles. The molecule has 0 aromatic heterocycles. The maximum Gasteiger partial charge on any atom is 0.147 e. The minimum absolute atomic E-state index is 0.252. The van der Waals surface area contributed by atoms with Crippen LogP contribution in [0.25, 0.3) is 0 Å². The van der Waals surface area contributed by atoms with Gasteiger partial charge in [-0.15, -0.1) is 0 Å². The number of halogens is 2. The molecule has 0 unspecified atom stereocenters. The highest BCUT2D eigenvalue weighted by atomic mass is 79.9. The predicted octanol–water partition coefficient (Wildman–Crippen LogP) is 4.47. The van der Waals surface area contributed by atoms with E-state index in [-0.39, 0.29) is 5.82 Å². The van der Waals surface area contributed by atoms with Crippen LogP contribution in [-0.4, -0.2) is 13.2 Å². The van der Waals surface area contributed by atoms with Crippen LogP contribution in [0.3, 0.4) is 0 Å². The molecule has 0 saturated carbocycles. The van der Waals surface area contributed by atoms with E-state index >= 15 is 0 Å². The van der Waals surface area contributed by atoms with Gasteiger partial charge in [0.1, 0.15) is 11.6 Å². The van der Waals surface area contributed by atoms with Gasteiger partial charge >= 0.3 is 0 Å². The Morgan fingerprint density at radius 1 is 1.05 bits per heavy atom. The second-order valence-electron chi connectivity index (χ2n) is 4.04. The van der Waals surface area contributed by atoms with Crippen molar-refractivity contribution in [3.05, 3.63) is 58.8 Å². The van der Waals surface area contributed by atoms with Gasteiger partial charge in [-0.1, -0.05) is 24.3 Å². The van der Waals surface area contributed by atoms with E-state index in [0.717, 1.165) is 16.6 Å². The van der Waals surface area contributed by atoms with Gasteiger partial charge < -0.3 is 10.1 Å². The molecular formula is C15H15BrFNO. The number of ether oxygens (including phenoxy) is 1. The second-order valence-corrected chi connectivity index (χ2v) is 4.89. The topological polar surface area (TPSA) is 21.3 Å². The van der Waals surface area contributed by atoms with E-state index < -0.39 is 0 Å². The lowest BCUT2D eigenvalue weighted by atomic mass is 10.3. The summed E-state index contributed by atoms with van der Waals surface area (Å²) < 4.78 is 19.8. The van der Waals surface area contributed by atoms with Crippen LogP contribution in [0.4, 0.5) is 10.1 Å². The Morgan fingerprint density at radius 2 is 1.84 bits per heavy atom. The molecule has 0 amide bonds. The second kappa shape index (κ2) is 7.14. The van der Waals surface area contributed by atoms with E-state index in [9.17, 15) is 4.39 Å². The lowest BCUT2D eigenvalue weighted by Crippen LogP contribution is -2.08. The molecule has 0 saturated heterocycles. The lowest BCUT2D eigenvalue weighted by molar-refractivity contribution is 0.315. The molecule has 0 heterocycles. The Hall–Kier alpha value is -1.55. The van der Waals surface area contributed by atoms with Crippen molar-refractivity contribution in [2.24, 2.45) is 0 Å². The van der Waals surface area contributed by atoms with Crippen molar-refractivity contribution in [3.8, 4) is 5.75 Å². The minimum atomic E-state index is -0.252. The van der Waals surface area contributed by atoms with Crippen molar-refractivity contribution in [2.45, 2.75) is 6.42 Å². The highest BCUT2D eigenvalue weighted by Gasteiger charge is 2.04. The van der Waals surface area contributed by atoms with Gasteiger partial charge in [-0.2, -0.15) is 0 Å². The van der Waals surface area contributed by atoms with E-state index in [1.807, 2.05) is 36.4 Å². The first kappa shape index (κ1) is 13.9. The van der Waals surface area contributed by atoms with Crippen LogP contribution in [0.15, 0.2) is 53.0 Å². The van der Waals surface area contributed by atoms with Crippen LogP contribution in [0.2, 0.25) is 0 Å². The third-order valence-electron chi connectivity index (χ3n) is 2.60. The molecule has 0 aliphatic heterocycles. The third kappa shape index (κ3) is 4.24. The smallest absolute Gasteiger partial charge is 0.147 e. The van der Waals surface area contributed by atoms with Gasteiger partial charge in [-0.3, -0.25) is 0 Å². The normalized spacial score (nSPS) is 10.2. The molecule has 2 aromatic carbocycles. The Bertz CT molecular complexity index is 499. The molecule has 0 bridgehead atoms. The summed E-state index contributed by atoms with van der Waals surface area (Å²) in [6.45, 7) is 1.26. The first-order valence-corrected chi connectivity index (χ1v) is 6.92. The largest absolute Gasteiger partial charge is 0.494 e. The molecule has 0 aliphatic rings. The van der Waals surface area contributed by atoms with Gasteiger partial charge in [-0.05, 0) is 46.6 Å². The molecule has 19 heavy (non-hydrogen) atoms. The Balaban J connectivity index is 1.73. The highest BCUT2D eigenvalue weighted by molar-refractivity contribution is 9.10. The maximum atomic E-state index is 13.5. The Kier molecular flexibility index (Phi) is 5.21. The highest BCUT2D eigenvalue weighted by Crippen LogP contribution is 2.24. The van der Waals surface area contributed by atoms with Gasteiger partial charge in [-0.25, -0.2) is 4.39 Å². The van der Waals surface area contributed by atoms with Crippen LogP contribution >= 0.6 is 15.9 Å². The van der Waals surface area contributed by atoms with Gasteiger partial charge in [0.05, 0.1) is 12.3 Å². The molecule has 0 fully saturated rings. The quantitative estimate of drug-likeness (QED) is 0.792. The standard InChI is InChI=1S/C15H15BrFNO/c16-13-8-4-9-14(17)15(13)18-10-5-11-19-12-6-2-1-3-7-12/h1-4,6-9,18H,5,10-11H2. The summed E-state index contributed by atoms with van der Waals surface area (Å²) in [6.07, 6.45) is 0.801. The molecule has 2 rings (SSSR count). The zero-order chi connectivity index (χ0) is 13.5. The van der Waals surface area contributed by atoms with Crippen molar-refractivity contribution in [1.29, 1.82) is 0 Å². The summed E-state index contributed by atoms with van der Waals surface area (Å²) in [5, 5.41) is 3.07. The average Bonchev–Trinajstić information content (AvgIpc) is 2.42. The van der Waals surface area contributed by atoms with Gasteiger partial charge in [0, 0.05) is 11.0 Å². The number of benzene rings is 2. The number of nitrogens with one attached hydrogen (secondary N) is 1. The molecule has 100 valence electrons. The van der Waals surface area contributed by atoms with Crippen molar-refractivity contribution < 1.29 is 9.13 Å². The number of anilines is 1. The van der Waals surface area contributed by atoms with E-state index in [4.69, 9.17) is 4.74 Å². The van der Waals surface area contributed by atoms with Crippen LogP contribution < -0.4 is 10.1 Å². The molecule has 0 atom stereocenters. The number of hydrogen-bond donors (Lipinski definition) is 1. The summed E-state index contributed by atoms with van der Waals surface area (Å²) in [6, 6.07) is 14.6. The molecule has 1 N–H and O–H groups in total. The first-order chi connectivity index (χ1) is 9.27. The van der Waals surface area contributed by atoms with Crippen LogP contribution in [0.1, 0.15) is 6.42 Å². The summed E-state index contributed by atoms with van der Waals surface area (Å²) in [5.74, 6) is 0.605. The molecular weight excluding hydrogens is 309 g/mol. The van der Waals surface area contributed by atoms with Gasteiger partial charge in [0.15, 0.2) is 0 Å². The minimum Gasteiger partial charge on any atom is -0.494 e. The fraction of sp³-hybridized carbons (Fsp3) is 0.200. The summed E-state index contributed by atoms with van der Waals surface area (Å²) in [7, 11) is 0. The van der Waals surface area contributed by atoms with E-state index in [1.54, 1.807) is 6.07 Å². The molecule has 2 aromatic rings. The van der Waals surface area contributed by atoms with E-state index in [2.05, 4.69) is 21.2 Å². The van der Waals surface area contributed by atoms with Gasteiger partial charge in [0.25, 0.3) is 0 Å². The third-order valence-corrected chi connectivity index (χ3v) is 3.26. The van der Waals surface area contributed by atoms with Crippen LogP contribution in [-0.2, 0) is 0 Å². The summed E-state index contributed by atoms with van der Waals surface area (Å²) >= 11 is 3.32. The summed E-state index contributed by atoms with van der Waals surface area (Å²) in [4.78, 5) is 0. The van der Waals surface area contributed by atoms with Crippen LogP contribution in [0.5, 0.6) is 5.75 Å². The Morgan fingerprint density at radius 3 is 2.58 bits per heavy atom. The molecule has 2 nitrogen and oxygen atoms in total. The first-order valence-electron chi connectivity index (χ1n) is 6.13. The maximum absolute atomic E-state index is 13.5. The van der Waals surface area contributed by atoms with E-state index in [1.165, 1.54) is 6.07 Å². The number of hydrogen-bond acceptors (Lipinski definition) is 2. The SMILES string of the molecule is Fc1cccc(Br)c1NCCCOc1ccccc1. The number of para-hydroxylation sites is 2. The van der Waals surface area contributed by atoms with Crippen molar-refractivity contribution in [2.75, 3.05) is 18.5 Å². The van der Waals surface area contributed by atoms with Crippen molar-refractivity contribution >= 4 is 21.6 Å². The monoisotopic (exact) mass is 323 g/mol. The number of rotatable bonds is 6. The van der Waals surface area contributed by atoms with Crippen molar-refractivity contribution in [3.63, 3.8) is 0 Å². The molecule has 0 spiro atoms. The average molecular weight is 324 g/mol. The zero-order valence-electron chi connectivity index (χ0n) is 10.4. The fourth-order valence-electron chi connectivity index (χ4n) is 1.66. The molecule has 0 radical (unpaired) electrons. The van der Waals surface area contributed by atoms with E-state index in [0.29, 0.717) is 18.8 Å². The summed E-state index contributed by atoms with van der Waals surface area (Å²) in [5.41, 5.74) is 0.502. The molecule has 4 heteroatoms. The van der Waals surface area contributed by atoms with Gasteiger partial charge in [0.2, 0.25) is 0 Å².